The highest BCUT2D eigenvalue weighted by Gasteiger charge is 2.28. The van der Waals surface area contributed by atoms with Gasteiger partial charge in [-0.3, -0.25) is 4.79 Å². The van der Waals surface area contributed by atoms with Crippen LogP contribution < -0.4 is 10.6 Å². The minimum absolute atomic E-state index is 0.0786. The van der Waals surface area contributed by atoms with E-state index >= 15 is 0 Å². The van der Waals surface area contributed by atoms with Crippen LogP contribution in [0.15, 0.2) is 24.3 Å². The smallest absolute Gasteiger partial charge is 0.408 e. The molecule has 26 heavy (non-hydrogen) atoms. The fourth-order valence-electron chi connectivity index (χ4n) is 2.41. The van der Waals surface area contributed by atoms with E-state index in [-0.39, 0.29) is 17.9 Å². The number of amides is 2. The van der Waals surface area contributed by atoms with Gasteiger partial charge in [0.15, 0.2) is 0 Å². The molecule has 1 heterocycles. The van der Waals surface area contributed by atoms with Gasteiger partial charge in [-0.05, 0) is 45.7 Å². The molecule has 0 spiro atoms. The summed E-state index contributed by atoms with van der Waals surface area (Å²) in [6.45, 7) is 11.0. The molecule has 7 heteroatoms. The Morgan fingerprint density at radius 2 is 1.77 bits per heavy atom. The van der Waals surface area contributed by atoms with Crippen molar-refractivity contribution in [3.8, 4) is 0 Å². The topological polar surface area (TPSA) is 80.3 Å². The van der Waals surface area contributed by atoms with Gasteiger partial charge in [-0.2, -0.15) is 0 Å². The Labute approximate surface area is 158 Å². The summed E-state index contributed by atoms with van der Waals surface area (Å²) in [6.07, 6.45) is -0.598. The molecule has 0 radical (unpaired) electrons. The second-order valence-corrected chi connectivity index (χ2v) is 8.68. The number of hydrogen-bond acceptors (Lipinski definition) is 5. The Balaban J connectivity index is 2.05. The molecule has 6 nitrogen and oxygen atoms in total. The monoisotopic (exact) mass is 377 g/mol. The van der Waals surface area contributed by atoms with Crippen molar-refractivity contribution in [1.29, 1.82) is 0 Å². The number of nitrogens with zero attached hydrogens (tertiary/aromatic N) is 1. The molecule has 142 valence electrons. The highest BCUT2D eigenvalue weighted by atomic mass is 32.1. The van der Waals surface area contributed by atoms with E-state index in [1.165, 1.54) is 0 Å². The van der Waals surface area contributed by atoms with Crippen molar-refractivity contribution >= 4 is 33.6 Å². The third-order valence-corrected chi connectivity index (χ3v) is 4.88. The van der Waals surface area contributed by atoms with E-state index in [0.717, 1.165) is 15.2 Å². The lowest BCUT2D eigenvalue weighted by Crippen LogP contribution is -2.51. The fraction of sp³-hybridized carbons (Fsp3) is 0.526. The zero-order valence-corrected chi connectivity index (χ0v) is 16.9. The number of carbonyl (C=O) groups is 2. The van der Waals surface area contributed by atoms with Crippen LogP contribution in [-0.2, 0) is 9.53 Å². The average molecular weight is 378 g/mol. The lowest BCUT2D eigenvalue weighted by atomic mass is 10.0. The van der Waals surface area contributed by atoms with Gasteiger partial charge in [0, 0.05) is 0 Å². The molecule has 2 aromatic rings. The highest BCUT2D eigenvalue weighted by molar-refractivity contribution is 7.18. The van der Waals surface area contributed by atoms with E-state index in [2.05, 4.69) is 15.6 Å². The highest BCUT2D eigenvalue weighted by Crippen LogP contribution is 2.26. The summed E-state index contributed by atoms with van der Waals surface area (Å²) in [5.41, 5.74) is 0.303. The molecule has 0 saturated carbocycles. The van der Waals surface area contributed by atoms with Crippen LogP contribution in [0, 0.1) is 5.92 Å². The van der Waals surface area contributed by atoms with Crippen molar-refractivity contribution < 1.29 is 14.3 Å². The van der Waals surface area contributed by atoms with E-state index in [0.29, 0.717) is 0 Å². The van der Waals surface area contributed by atoms with Gasteiger partial charge in [-0.1, -0.05) is 26.0 Å². The van der Waals surface area contributed by atoms with Gasteiger partial charge in [0.2, 0.25) is 5.91 Å². The number of alkyl carbamates (subject to hydrolysis) is 1. The molecule has 2 atom stereocenters. The van der Waals surface area contributed by atoms with Gasteiger partial charge in [-0.15, -0.1) is 11.3 Å². The number of rotatable bonds is 5. The SMILES string of the molecule is CC(NC(=O)[C@@H](NC(=O)OC(C)(C)C)C(C)C)c1nc2ccccc2s1. The van der Waals surface area contributed by atoms with Crippen molar-refractivity contribution in [2.45, 2.75) is 59.2 Å². The number of thiazole rings is 1. The maximum absolute atomic E-state index is 12.7. The van der Waals surface area contributed by atoms with Gasteiger partial charge in [0.05, 0.1) is 16.3 Å². The third kappa shape index (κ3) is 5.42. The maximum Gasteiger partial charge on any atom is 0.408 e. The summed E-state index contributed by atoms with van der Waals surface area (Å²) in [6, 6.07) is 6.93. The molecule has 1 aromatic heterocycles. The molecule has 0 aliphatic rings. The second-order valence-electron chi connectivity index (χ2n) is 7.62. The van der Waals surface area contributed by atoms with Crippen LogP contribution in [0.1, 0.15) is 52.6 Å². The standard InChI is InChI=1S/C19H27N3O3S/c1-11(2)15(22-18(24)25-19(4,5)6)16(23)20-12(3)17-21-13-9-7-8-10-14(13)26-17/h7-12,15H,1-6H3,(H,20,23)(H,22,24)/t12?,15-/m0/s1. The number of benzene rings is 1. The molecule has 1 aromatic carbocycles. The number of aromatic nitrogens is 1. The average Bonchev–Trinajstić information content (AvgIpc) is 2.94. The van der Waals surface area contributed by atoms with Gasteiger partial charge in [0.25, 0.3) is 0 Å². The summed E-state index contributed by atoms with van der Waals surface area (Å²) < 4.78 is 6.34. The van der Waals surface area contributed by atoms with Crippen molar-refractivity contribution in [3.63, 3.8) is 0 Å². The van der Waals surface area contributed by atoms with Gasteiger partial charge < -0.3 is 15.4 Å². The lowest BCUT2D eigenvalue weighted by Gasteiger charge is -2.26. The summed E-state index contributed by atoms with van der Waals surface area (Å²) in [4.78, 5) is 29.3. The first-order valence-electron chi connectivity index (χ1n) is 8.72. The first-order chi connectivity index (χ1) is 12.1. The lowest BCUT2D eigenvalue weighted by molar-refractivity contribution is -0.124. The quantitative estimate of drug-likeness (QED) is 0.825. The number of hydrogen-bond donors (Lipinski definition) is 2. The van der Waals surface area contributed by atoms with E-state index in [1.807, 2.05) is 45.0 Å². The van der Waals surface area contributed by atoms with Crippen molar-refractivity contribution in [3.05, 3.63) is 29.3 Å². The van der Waals surface area contributed by atoms with Crippen LogP contribution in [0.5, 0.6) is 0 Å². The fourth-order valence-corrected chi connectivity index (χ4v) is 3.38. The molecule has 0 saturated heterocycles. The molecule has 0 fully saturated rings. The van der Waals surface area contributed by atoms with Crippen LogP contribution in [0.2, 0.25) is 0 Å². The number of carbonyl (C=O) groups excluding carboxylic acids is 2. The predicted molar refractivity (Wildman–Crippen MR) is 104 cm³/mol. The zero-order valence-electron chi connectivity index (χ0n) is 16.1. The molecule has 1 unspecified atom stereocenters. The summed E-state index contributed by atoms with van der Waals surface area (Å²) >= 11 is 1.55. The largest absolute Gasteiger partial charge is 0.444 e. The Bertz CT molecular complexity index is 747. The minimum Gasteiger partial charge on any atom is -0.444 e. The molecule has 2 amide bonds. The molecular weight excluding hydrogens is 350 g/mol. The van der Waals surface area contributed by atoms with Gasteiger partial charge in [0.1, 0.15) is 16.7 Å². The number of fused-ring (bicyclic) bond motifs is 1. The van der Waals surface area contributed by atoms with E-state index in [4.69, 9.17) is 4.74 Å². The Morgan fingerprint density at radius 1 is 1.12 bits per heavy atom. The predicted octanol–water partition coefficient (Wildman–Crippen LogP) is 4.02. The normalized spacial score (nSPS) is 14.1. The Morgan fingerprint density at radius 3 is 2.35 bits per heavy atom. The van der Waals surface area contributed by atoms with Gasteiger partial charge >= 0.3 is 6.09 Å². The number of nitrogens with one attached hydrogen (secondary N) is 2. The van der Waals surface area contributed by atoms with Crippen LogP contribution in [0.4, 0.5) is 4.79 Å². The Hall–Kier alpha value is -2.15. The molecule has 2 rings (SSSR count). The van der Waals surface area contributed by atoms with Crippen LogP contribution in [0.3, 0.4) is 0 Å². The van der Waals surface area contributed by atoms with Crippen LogP contribution in [0.25, 0.3) is 10.2 Å². The van der Waals surface area contributed by atoms with Crippen molar-refractivity contribution in [1.82, 2.24) is 15.6 Å². The van der Waals surface area contributed by atoms with Gasteiger partial charge in [-0.25, -0.2) is 9.78 Å². The number of para-hydroxylation sites is 1. The second kappa shape index (κ2) is 8.03. The molecule has 0 bridgehead atoms. The first kappa shape index (κ1) is 20.2. The van der Waals surface area contributed by atoms with Crippen molar-refractivity contribution in [2.24, 2.45) is 5.92 Å². The Kier molecular flexibility index (Phi) is 6.23. The summed E-state index contributed by atoms with van der Waals surface area (Å²) in [7, 11) is 0. The molecule has 0 aliphatic heterocycles. The van der Waals surface area contributed by atoms with E-state index in [1.54, 1.807) is 32.1 Å². The van der Waals surface area contributed by atoms with Crippen LogP contribution >= 0.6 is 11.3 Å². The number of ether oxygens (including phenoxy) is 1. The first-order valence-corrected chi connectivity index (χ1v) is 9.54. The molecular formula is C19H27N3O3S. The third-order valence-electron chi connectivity index (χ3n) is 3.66. The minimum atomic E-state index is -0.679. The van der Waals surface area contributed by atoms with E-state index in [9.17, 15) is 9.59 Å². The zero-order chi connectivity index (χ0) is 19.5. The maximum atomic E-state index is 12.7. The summed E-state index contributed by atoms with van der Waals surface area (Å²) in [5.74, 6) is -0.331. The van der Waals surface area contributed by atoms with Crippen molar-refractivity contribution in [2.75, 3.05) is 0 Å². The summed E-state index contributed by atoms with van der Waals surface area (Å²) in [5, 5.41) is 6.44. The van der Waals surface area contributed by atoms with Crippen LogP contribution in [-0.4, -0.2) is 28.6 Å². The van der Waals surface area contributed by atoms with E-state index < -0.39 is 17.7 Å². The molecule has 2 N–H and O–H groups in total. The molecule has 0 aliphatic carbocycles.